The van der Waals surface area contributed by atoms with Crippen LogP contribution in [0.3, 0.4) is 0 Å². The monoisotopic (exact) mass is 387 g/mol. The number of amidine groups is 1. The molecule has 0 spiro atoms. The molecule has 2 heterocycles. The number of carbonyl (C=O) groups is 1. The molecule has 0 bridgehead atoms. The summed E-state index contributed by atoms with van der Waals surface area (Å²) in [6, 6.07) is 8.63. The fraction of sp³-hybridized carbons (Fsp3) is 0.389. The first-order valence-corrected chi connectivity index (χ1v) is 10.3. The first-order valence-electron chi connectivity index (χ1n) is 8.85. The fourth-order valence-electron chi connectivity index (χ4n) is 3.35. The van der Waals surface area contributed by atoms with Crippen molar-refractivity contribution in [2.45, 2.75) is 30.7 Å². The van der Waals surface area contributed by atoms with E-state index in [0.29, 0.717) is 17.3 Å². The number of aromatic nitrogens is 2. The van der Waals surface area contributed by atoms with Gasteiger partial charge in [0, 0.05) is 18.7 Å². The second-order valence-electron chi connectivity index (χ2n) is 7.03. The number of hydrogen-bond donors (Lipinski definition) is 1. The number of amides is 1. The van der Waals surface area contributed by atoms with Crippen LogP contribution in [0, 0.1) is 5.92 Å². The van der Waals surface area contributed by atoms with Crippen molar-refractivity contribution in [2.24, 2.45) is 10.3 Å². The molecule has 1 aromatic carbocycles. The lowest BCUT2D eigenvalue weighted by atomic mass is 10.2. The number of sulfonamides is 1. The largest absolute Gasteiger partial charge is 0.349 e. The van der Waals surface area contributed by atoms with Crippen molar-refractivity contribution >= 4 is 27.6 Å². The Morgan fingerprint density at radius 3 is 2.81 bits per heavy atom. The summed E-state index contributed by atoms with van der Waals surface area (Å²) in [5.41, 5.74) is 0.514. The standard InChI is InChI=1S/C18H21N5O3S/c1-12(13-7-8-13)23-16(9-10-19-23)20-17(24)11-22(2)18-14-5-3-4-6-15(14)27(25,26)21-18/h3-6,9-10,12-13H,7-8,11H2,1-2H3,(H,20,24). The highest BCUT2D eigenvalue weighted by Crippen LogP contribution is 2.40. The van der Waals surface area contributed by atoms with E-state index < -0.39 is 10.0 Å². The Morgan fingerprint density at radius 1 is 1.33 bits per heavy atom. The van der Waals surface area contributed by atoms with Gasteiger partial charge in [0.05, 0.1) is 18.8 Å². The summed E-state index contributed by atoms with van der Waals surface area (Å²) in [4.78, 5) is 14.2. The van der Waals surface area contributed by atoms with Gasteiger partial charge in [0.15, 0.2) is 5.84 Å². The molecule has 0 saturated heterocycles. The van der Waals surface area contributed by atoms with E-state index in [1.807, 2.05) is 4.68 Å². The van der Waals surface area contributed by atoms with Gasteiger partial charge in [-0.3, -0.25) is 4.79 Å². The van der Waals surface area contributed by atoms with Gasteiger partial charge in [-0.25, -0.2) is 4.68 Å². The number of benzene rings is 1. The first-order chi connectivity index (χ1) is 12.9. The molecule has 1 aliphatic carbocycles. The molecule has 4 rings (SSSR count). The highest BCUT2D eigenvalue weighted by Gasteiger charge is 2.32. The Labute approximate surface area is 157 Å². The van der Waals surface area contributed by atoms with Crippen molar-refractivity contribution in [3.8, 4) is 0 Å². The van der Waals surface area contributed by atoms with Gasteiger partial charge in [0.2, 0.25) is 5.91 Å². The molecule has 1 N–H and O–H groups in total. The van der Waals surface area contributed by atoms with Crippen LogP contribution in [0.5, 0.6) is 0 Å². The lowest BCUT2D eigenvalue weighted by Gasteiger charge is -2.19. The number of carbonyl (C=O) groups excluding carboxylic acids is 1. The van der Waals surface area contributed by atoms with E-state index in [2.05, 4.69) is 21.7 Å². The van der Waals surface area contributed by atoms with Gasteiger partial charge in [-0.2, -0.15) is 13.5 Å². The maximum atomic E-state index is 12.5. The fourth-order valence-corrected chi connectivity index (χ4v) is 4.60. The Bertz CT molecular complexity index is 1020. The van der Waals surface area contributed by atoms with Crippen molar-refractivity contribution in [2.75, 3.05) is 18.9 Å². The van der Waals surface area contributed by atoms with Gasteiger partial charge in [-0.05, 0) is 37.8 Å². The Morgan fingerprint density at radius 2 is 2.07 bits per heavy atom. The van der Waals surface area contributed by atoms with Crippen LogP contribution in [-0.4, -0.2) is 48.4 Å². The summed E-state index contributed by atoms with van der Waals surface area (Å²) in [6.07, 6.45) is 4.04. The molecule has 1 saturated carbocycles. The van der Waals surface area contributed by atoms with Crippen LogP contribution in [0.25, 0.3) is 0 Å². The van der Waals surface area contributed by atoms with Crippen molar-refractivity contribution in [3.05, 3.63) is 42.1 Å². The molecule has 2 aromatic rings. The normalized spacial score (nSPS) is 18.5. The average molecular weight is 387 g/mol. The molecule has 8 nitrogen and oxygen atoms in total. The number of rotatable bonds is 5. The van der Waals surface area contributed by atoms with Crippen LogP contribution < -0.4 is 5.32 Å². The van der Waals surface area contributed by atoms with E-state index in [9.17, 15) is 13.2 Å². The average Bonchev–Trinajstić information content (AvgIpc) is 3.32. The van der Waals surface area contributed by atoms with Crippen LogP contribution in [0.2, 0.25) is 0 Å². The van der Waals surface area contributed by atoms with E-state index in [-0.39, 0.29) is 29.2 Å². The number of fused-ring (bicyclic) bond motifs is 1. The smallest absolute Gasteiger partial charge is 0.285 e. The third-order valence-electron chi connectivity index (χ3n) is 4.98. The predicted molar refractivity (Wildman–Crippen MR) is 101 cm³/mol. The van der Waals surface area contributed by atoms with E-state index >= 15 is 0 Å². The molecule has 1 unspecified atom stereocenters. The molecule has 0 radical (unpaired) electrons. The van der Waals surface area contributed by atoms with Crippen LogP contribution in [0.1, 0.15) is 31.4 Å². The lowest BCUT2D eigenvalue weighted by molar-refractivity contribution is -0.116. The van der Waals surface area contributed by atoms with Crippen LogP contribution in [-0.2, 0) is 14.8 Å². The zero-order chi connectivity index (χ0) is 19.2. The number of nitrogens with zero attached hydrogens (tertiary/aromatic N) is 4. The van der Waals surface area contributed by atoms with Crippen LogP contribution in [0.15, 0.2) is 45.8 Å². The molecule has 1 aromatic heterocycles. The van der Waals surface area contributed by atoms with Crippen molar-refractivity contribution < 1.29 is 13.2 Å². The minimum atomic E-state index is -3.71. The summed E-state index contributed by atoms with van der Waals surface area (Å²) >= 11 is 0. The SMILES string of the molecule is CC(C1CC1)n1nccc1NC(=O)CN(C)C1=NS(=O)(=O)c2ccccc21. The molecule has 1 amide bonds. The zero-order valence-corrected chi connectivity index (χ0v) is 16.0. The third kappa shape index (κ3) is 3.34. The van der Waals surface area contributed by atoms with Crippen LogP contribution >= 0.6 is 0 Å². The number of hydrogen-bond acceptors (Lipinski definition) is 5. The minimum Gasteiger partial charge on any atom is -0.349 e. The third-order valence-corrected chi connectivity index (χ3v) is 6.31. The van der Waals surface area contributed by atoms with Gasteiger partial charge in [-0.15, -0.1) is 4.40 Å². The predicted octanol–water partition coefficient (Wildman–Crippen LogP) is 1.87. The molecular formula is C18H21N5O3S. The highest BCUT2D eigenvalue weighted by molar-refractivity contribution is 7.90. The zero-order valence-electron chi connectivity index (χ0n) is 15.2. The molecule has 142 valence electrons. The Hall–Kier alpha value is -2.68. The summed E-state index contributed by atoms with van der Waals surface area (Å²) in [7, 11) is -2.05. The Kier molecular flexibility index (Phi) is 4.26. The van der Waals surface area contributed by atoms with Gasteiger partial charge in [0.1, 0.15) is 10.7 Å². The van der Waals surface area contributed by atoms with Crippen molar-refractivity contribution in [3.63, 3.8) is 0 Å². The second-order valence-corrected chi connectivity index (χ2v) is 8.60. The Balaban J connectivity index is 1.47. The molecular weight excluding hydrogens is 366 g/mol. The number of likely N-dealkylation sites (N-methyl/N-ethyl adjacent to an activating group) is 1. The highest BCUT2D eigenvalue weighted by atomic mass is 32.2. The first kappa shape index (κ1) is 17.7. The van der Waals surface area contributed by atoms with Crippen LogP contribution in [0.4, 0.5) is 5.82 Å². The minimum absolute atomic E-state index is 0.0221. The maximum absolute atomic E-state index is 12.5. The number of anilines is 1. The summed E-state index contributed by atoms with van der Waals surface area (Å²) in [5.74, 6) is 1.28. The molecule has 1 fully saturated rings. The topological polar surface area (TPSA) is 96.7 Å². The quantitative estimate of drug-likeness (QED) is 0.845. The molecule has 27 heavy (non-hydrogen) atoms. The molecule has 2 aliphatic rings. The van der Waals surface area contributed by atoms with E-state index in [0.717, 1.165) is 0 Å². The van der Waals surface area contributed by atoms with Crippen molar-refractivity contribution in [1.29, 1.82) is 0 Å². The van der Waals surface area contributed by atoms with E-state index in [1.54, 1.807) is 42.4 Å². The summed E-state index contributed by atoms with van der Waals surface area (Å²) < 4.78 is 30.0. The van der Waals surface area contributed by atoms with Crippen molar-refractivity contribution in [1.82, 2.24) is 14.7 Å². The molecule has 1 atom stereocenters. The van der Waals surface area contributed by atoms with Gasteiger partial charge in [-0.1, -0.05) is 12.1 Å². The summed E-state index contributed by atoms with van der Waals surface area (Å²) in [5, 5.41) is 7.19. The second kappa shape index (κ2) is 6.49. The lowest BCUT2D eigenvalue weighted by Crippen LogP contribution is -2.35. The van der Waals surface area contributed by atoms with E-state index in [1.165, 1.54) is 18.9 Å². The van der Waals surface area contributed by atoms with Gasteiger partial charge in [0.25, 0.3) is 10.0 Å². The van der Waals surface area contributed by atoms with E-state index in [4.69, 9.17) is 0 Å². The number of nitrogens with one attached hydrogen (secondary N) is 1. The summed E-state index contributed by atoms with van der Waals surface area (Å²) in [6.45, 7) is 2.08. The van der Waals surface area contributed by atoms with Gasteiger partial charge >= 0.3 is 0 Å². The maximum Gasteiger partial charge on any atom is 0.285 e. The molecule has 1 aliphatic heterocycles. The van der Waals surface area contributed by atoms with Gasteiger partial charge < -0.3 is 10.2 Å². The molecule has 9 heteroatoms.